The standard InChI is InChI=1S/C23H22ClNOS.C4H4O4/c24-21-9-3-1-6-16(21)15-26-17-11-12-23-20(14-17)18(8-5-13-25)19-7-2-4-10-22(19)27-23;5-3(6)1-2-4(7)8/h1-4,6-7,9-12,14,18H,5,8,13,15,25H2;1-2H,(H,5,6)(H,7,8)/b;2-1+. The Morgan fingerprint density at radius 3 is 2.29 bits per heavy atom. The molecular formula is C27H26ClNO5S. The van der Waals surface area contributed by atoms with Gasteiger partial charge in [-0.2, -0.15) is 0 Å². The van der Waals surface area contributed by atoms with Crippen molar-refractivity contribution in [3.8, 4) is 5.75 Å². The summed E-state index contributed by atoms with van der Waals surface area (Å²) in [7, 11) is 0. The van der Waals surface area contributed by atoms with Gasteiger partial charge in [-0.05, 0) is 60.8 Å². The van der Waals surface area contributed by atoms with Crippen molar-refractivity contribution in [1.29, 1.82) is 0 Å². The number of fused-ring (bicyclic) bond motifs is 2. The number of carboxylic acid groups (broad SMARTS) is 2. The molecule has 0 saturated carbocycles. The predicted octanol–water partition coefficient (Wildman–Crippen LogP) is 5.97. The van der Waals surface area contributed by atoms with Gasteiger partial charge in [-0.25, -0.2) is 9.59 Å². The van der Waals surface area contributed by atoms with Crippen LogP contribution in [0.1, 0.15) is 35.4 Å². The van der Waals surface area contributed by atoms with Gasteiger partial charge in [0.2, 0.25) is 0 Å². The average molecular weight is 512 g/mol. The lowest BCUT2D eigenvalue weighted by atomic mass is 9.87. The van der Waals surface area contributed by atoms with E-state index in [0.29, 0.717) is 31.2 Å². The molecule has 3 aromatic rings. The number of ether oxygens (including phenoxy) is 1. The summed E-state index contributed by atoms with van der Waals surface area (Å²) in [5.41, 5.74) is 9.53. The molecule has 3 aromatic carbocycles. The summed E-state index contributed by atoms with van der Waals surface area (Å²) in [5, 5.41) is 16.4. The van der Waals surface area contributed by atoms with Gasteiger partial charge in [-0.3, -0.25) is 0 Å². The van der Waals surface area contributed by atoms with Crippen molar-refractivity contribution in [3.63, 3.8) is 0 Å². The van der Waals surface area contributed by atoms with Crippen LogP contribution in [0.4, 0.5) is 0 Å². The van der Waals surface area contributed by atoms with E-state index in [9.17, 15) is 9.59 Å². The smallest absolute Gasteiger partial charge is 0.328 e. The molecule has 8 heteroatoms. The van der Waals surface area contributed by atoms with Gasteiger partial charge in [0.05, 0.1) is 0 Å². The molecule has 1 atom stereocenters. The number of benzene rings is 3. The van der Waals surface area contributed by atoms with Gasteiger partial charge in [0, 0.05) is 38.4 Å². The zero-order chi connectivity index (χ0) is 25.2. The SMILES string of the molecule is NCCCC1c2ccccc2Sc2ccc(OCc3ccccc3Cl)cc21.O=C(O)/C=C/C(=O)O. The average Bonchev–Trinajstić information content (AvgIpc) is 2.85. The predicted molar refractivity (Wildman–Crippen MR) is 137 cm³/mol. The molecule has 4 N–H and O–H groups in total. The fourth-order valence-electron chi connectivity index (χ4n) is 3.68. The zero-order valence-corrected chi connectivity index (χ0v) is 20.5. The summed E-state index contributed by atoms with van der Waals surface area (Å²) in [4.78, 5) is 21.8. The fraction of sp³-hybridized carbons (Fsp3) is 0.185. The van der Waals surface area contributed by atoms with Gasteiger partial charge < -0.3 is 20.7 Å². The van der Waals surface area contributed by atoms with E-state index in [4.69, 9.17) is 32.3 Å². The van der Waals surface area contributed by atoms with Crippen LogP contribution >= 0.6 is 23.4 Å². The Morgan fingerprint density at radius 1 is 0.943 bits per heavy atom. The minimum atomic E-state index is -1.26. The molecular weight excluding hydrogens is 486 g/mol. The molecule has 0 aliphatic carbocycles. The van der Waals surface area contributed by atoms with Gasteiger partial charge >= 0.3 is 11.9 Å². The molecule has 1 heterocycles. The highest BCUT2D eigenvalue weighted by Gasteiger charge is 2.26. The van der Waals surface area contributed by atoms with Crippen LogP contribution in [0.2, 0.25) is 5.02 Å². The number of hydrogen-bond donors (Lipinski definition) is 3. The van der Waals surface area contributed by atoms with Crippen LogP contribution in [0.15, 0.2) is 88.7 Å². The van der Waals surface area contributed by atoms with Crippen molar-refractivity contribution < 1.29 is 24.5 Å². The Kier molecular flexibility index (Phi) is 9.78. The maximum Gasteiger partial charge on any atom is 0.328 e. The molecule has 4 rings (SSSR count). The molecule has 0 bridgehead atoms. The highest BCUT2D eigenvalue weighted by Crippen LogP contribution is 2.48. The second-order valence-corrected chi connectivity index (χ2v) is 9.20. The van der Waals surface area contributed by atoms with Crippen molar-refractivity contribution in [2.24, 2.45) is 5.73 Å². The molecule has 1 aliphatic rings. The second-order valence-electron chi connectivity index (χ2n) is 7.71. The first-order valence-corrected chi connectivity index (χ1v) is 12.2. The number of rotatable bonds is 8. The van der Waals surface area contributed by atoms with Gasteiger partial charge in [0.15, 0.2) is 0 Å². The number of hydrogen-bond acceptors (Lipinski definition) is 5. The molecule has 0 amide bonds. The van der Waals surface area contributed by atoms with Gasteiger partial charge in [-0.1, -0.05) is 59.8 Å². The van der Waals surface area contributed by atoms with E-state index in [2.05, 4.69) is 42.5 Å². The first-order valence-electron chi connectivity index (χ1n) is 11.0. The molecule has 1 aliphatic heterocycles. The van der Waals surface area contributed by atoms with E-state index in [1.807, 2.05) is 36.0 Å². The van der Waals surface area contributed by atoms with Crippen molar-refractivity contribution >= 4 is 35.3 Å². The van der Waals surface area contributed by atoms with E-state index in [0.717, 1.165) is 29.2 Å². The number of carbonyl (C=O) groups is 2. The Bertz CT molecular complexity index is 1200. The van der Waals surface area contributed by atoms with E-state index >= 15 is 0 Å². The maximum absolute atomic E-state index is 9.55. The number of aliphatic carboxylic acids is 2. The number of carboxylic acids is 2. The van der Waals surface area contributed by atoms with Gasteiger partial charge in [0.1, 0.15) is 12.4 Å². The van der Waals surface area contributed by atoms with E-state index in [-0.39, 0.29) is 0 Å². The Labute approximate surface area is 213 Å². The molecule has 0 spiro atoms. The quantitative estimate of drug-likeness (QED) is 0.320. The molecule has 6 nitrogen and oxygen atoms in total. The minimum Gasteiger partial charge on any atom is -0.489 e. The molecule has 0 aromatic heterocycles. The van der Waals surface area contributed by atoms with Crippen LogP contribution in [0.25, 0.3) is 0 Å². The summed E-state index contributed by atoms with van der Waals surface area (Å²) in [5.74, 6) is -1.27. The molecule has 182 valence electrons. The van der Waals surface area contributed by atoms with Crippen molar-refractivity contribution in [3.05, 3.63) is 101 Å². The summed E-state index contributed by atoms with van der Waals surface area (Å²) in [6.07, 6.45) is 3.17. The van der Waals surface area contributed by atoms with Crippen LogP contribution in [0.5, 0.6) is 5.75 Å². The lowest BCUT2D eigenvalue weighted by molar-refractivity contribution is -0.134. The highest BCUT2D eigenvalue weighted by molar-refractivity contribution is 7.99. The maximum atomic E-state index is 9.55. The Balaban J connectivity index is 0.000000371. The minimum absolute atomic E-state index is 0.366. The Morgan fingerprint density at radius 2 is 1.60 bits per heavy atom. The van der Waals surface area contributed by atoms with Crippen LogP contribution in [0.3, 0.4) is 0 Å². The van der Waals surface area contributed by atoms with Gasteiger partial charge in [-0.15, -0.1) is 0 Å². The van der Waals surface area contributed by atoms with Gasteiger partial charge in [0.25, 0.3) is 0 Å². The van der Waals surface area contributed by atoms with Crippen molar-refractivity contribution in [2.75, 3.05) is 6.54 Å². The summed E-state index contributed by atoms with van der Waals surface area (Å²) in [6.45, 7) is 1.18. The third-order valence-corrected chi connectivity index (χ3v) is 6.84. The van der Waals surface area contributed by atoms with Crippen LogP contribution < -0.4 is 10.5 Å². The molecule has 1 unspecified atom stereocenters. The van der Waals surface area contributed by atoms with E-state index in [1.165, 1.54) is 20.9 Å². The first-order chi connectivity index (χ1) is 16.9. The van der Waals surface area contributed by atoms with Crippen molar-refractivity contribution in [2.45, 2.75) is 35.2 Å². The molecule has 0 fully saturated rings. The van der Waals surface area contributed by atoms with E-state index in [1.54, 1.807) is 0 Å². The fourth-order valence-corrected chi connectivity index (χ4v) is 5.04. The summed E-state index contributed by atoms with van der Waals surface area (Å²) >= 11 is 8.08. The lowest BCUT2D eigenvalue weighted by Gasteiger charge is -2.28. The first kappa shape index (κ1) is 26.3. The summed E-state index contributed by atoms with van der Waals surface area (Å²) in [6, 6.07) is 22.9. The molecule has 0 radical (unpaired) electrons. The van der Waals surface area contributed by atoms with Crippen LogP contribution in [-0.4, -0.2) is 28.7 Å². The van der Waals surface area contributed by atoms with Crippen molar-refractivity contribution in [1.82, 2.24) is 0 Å². The topological polar surface area (TPSA) is 110 Å². The van der Waals surface area contributed by atoms with Crippen LogP contribution in [0, 0.1) is 0 Å². The number of nitrogens with two attached hydrogens (primary N) is 1. The summed E-state index contributed by atoms with van der Waals surface area (Å²) < 4.78 is 6.06. The third kappa shape index (κ3) is 7.62. The van der Waals surface area contributed by atoms with Crippen LogP contribution in [-0.2, 0) is 16.2 Å². The monoisotopic (exact) mass is 511 g/mol. The van der Waals surface area contributed by atoms with E-state index < -0.39 is 11.9 Å². The molecule has 0 saturated heterocycles. The molecule has 35 heavy (non-hydrogen) atoms. The zero-order valence-electron chi connectivity index (χ0n) is 18.9. The Hall–Kier alpha value is -3.26. The normalized spacial score (nSPS) is 13.8. The number of halogens is 1. The largest absolute Gasteiger partial charge is 0.489 e. The highest BCUT2D eigenvalue weighted by atomic mass is 35.5. The lowest BCUT2D eigenvalue weighted by Crippen LogP contribution is -2.11. The second kappa shape index (κ2) is 13.0. The third-order valence-electron chi connectivity index (χ3n) is 5.29.